The van der Waals surface area contributed by atoms with Gasteiger partial charge in [-0.15, -0.1) is 0 Å². The van der Waals surface area contributed by atoms with Crippen LogP contribution in [0.4, 0.5) is 0 Å². The van der Waals surface area contributed by atoms with Crippen molar-refractivity contribution in [2.45, 2.75) is 53.1 Å². The molecule has 2 atom stereocenters. The molecule has 0 radical (unpaired) electrons. The van der Waals surface area contributed by atoms with Crippen LogP contribution < -0.4 is 5.32 Å². The minimum Gasteiger partial charge on any atom is -0.392 e. The number of likely N-dealkylation sites (tertiary alicyclic amines) is 1. The molecule has 0 aliphatic carbocycles. The number of nitrogens with one attached hydrogen (secondary N) is 1. The average Bonchev–Trinajstić information content (AvgIpc) is 2.35. The van der Waals surface area contributed by atoms with Crippen LogP contribution in [0.5, 0.6) is 0 Å². The minimum absolute atomic E-state index is 0.123. The van der Waals surface area contributed by atoms with E-state index >= 15 is 0 Å². The van der Waals surface area contributed by atoms with Crippen LogP contribution in [0.1, 0.15) is 47.0 Å². The Balaban J connectivity index is 2.33. The number of hydrogen-bond donors (Lipinski definition) is 2. The molecule has 4 nitrogen and oxygen atoms in total. The summed E-state index contributed by atoms with van der Waals surface area (Å²) < 4.78 is 0. The molecule has 1 saturated heterocycles. The number of hydrogen-bond acceptors (Lipinski definition) is 3. The van der Waals surface area contributed by atoms with Crippen LogP contribution in [-0.2, 0) is 4.79 Å². The third kappa shape index (κ3) is 5.91. The van der Waals surface area contributed by atoms with E-state index in [1.807, 2.05) is 27.7 Å². The first-order valence-corrected chi connectivity index (χ1v) is 7.51. The van der Waals surface area contributed by atoms with Crippen LogP contribution >= 0.6 is 0 Å². The lowest BCUT2D eigenvalue weighted by atomic mass is 9.94. The molecule has 4 heteroatoms. The van der Waals surface area contributed by atoms with E-state index in [-0.39, 0.29) is 17.4 Å². The number of carbonyl (C=O) groups is 1. The highest BCUT2D eigenvalue weighted by Gasteiger charge is 2.25. The fraction of sp³-hybridized carbons (Fsp3) is 0.933. The minimum atomic E-state index is -0.313. The van der Waals surface area contributed by atoms with Crippen LogP contribution in [0.3, 0.4) is 0 Å². The van der Waals surface area contributed by atoms with E-state index in [1.54, 1.807) is 0 Å². The zero-order chi connectivity index (χ0) is 14.5. The highest BCUT2D eigenvalue weighted by molar-refractivity contribution is 5.81. The predicted molar refractivity (Wildman–Crippen MR) is 77.9 cm³/mol. The maximum atomic E-state index is 11.8. The van der Waals surface area contributed by atoms with E-state index < -0.39 is 0 Å². The number of carbonyl (C=O) groups excluding carboxylic acids is 1. The maximum absolute atomic E-state index is 11.8. The summed E-state index contributed by atoms with van der Waals surface area (Å²) in [5, 5.41) is 12.8. The Hall–Kier alpha value is -0.610. The van der Waals surface area contributed by atoms with Crippen molar-refractivity contribution in [2.75, 3.05) is 26.2 Å². The second-order valence-electron chi connectivity index (χ2n) is 6.79. The van der Waals surface area contributed by atoms with Gasteiger partial charge in [-0.1, -0.05) is 27.7 Å². The van der Waals surface area contributed by atoms with Crippen molar-refractivity contribution < 1.29 is 9.90 Å². The number of amides is 1. The lowest BCUT2D eigenvalue weighted by Crippen LogP contribution is -2.45. The Morgan fingerprint density at radius 2 is 2.16 bits per heavy atom. The van der Waals surface area contributed by atoms with Gasteiger partial charge in [0.15, 0.2) is 0 Å². The van der Waals surface area contributed by atoms with E-state index in [4.69, 9.17) is 0 Å². The number of β-amino-alcohol motifs (C(OH)–C–C–N with tert-alkyl or cyclic N) is 1. The van der Waals surface area contributed by atoms with E-state index in [9.17, 15) is 9.90 Å². The third-order valence-electron chi connectivity index (χ3n) is 3.78. The topological polar surface area (TPSA) is 52.6 Å². The second kappa shape index (κ2) is 7.25. The van der Waals surface area contributed by atoms with Crippen molar-refractivity contribution >= 4 is 5.91 Å². The molecule has 0 unspecified atom stereocenters. The molecule has 0 saturated carbocycles. The van der Waals surface area contributed by atoms with E-state index in [0.29, 0.717) is 5.92 Å². The smallest absolute Gasteiger partial charge is 0.225 e. The molecule has 1 aliphatic heterocycles. The Morgan fingerprint density at radius 1 is 1.47 bits per heavy atom. The lowest BCUT2D eigenvalue weighted by Gasteiger charge is -2.34. The lowest BCUT2D eigenvalue weighted by molar-refractivity contribution is -0.128. The molecule has 2 N–H and O–H groups in total. The van der Waals surface area contributed by atoms with Crippen molar-refractivity contribution in [3.8, 4) is 0 Å². The molecule has 1 amide bonds. The summed E-state index contributed by atoms with van der Waals surface area (Å²) in [6.45, 7) is 11.4. The molecule has 0 spiro atoms. The van der Waals surface area contributed by atoms with Gasteiger partial charge in [0, 0.05) is 25.0 Å². The van der Waals surface area contributed by atoms with Gasteiger partial charge < -0.3 is 15.3 Å². The van der Waals surface area contributed by atoms with Crippen molar-refractivity contribution in [3.63, 3.8) is 0 Å². The van der Waals surface area contributed by atoms with Gasteiger partial charge >= 0.3 is 0 Å². The SMILES string of the molecule is CC[C@H](O)CN1CCC[C@@H](CNC(=O)C(C)(C)C)C1. The van der Waals surface area contributed by atoms with Crippen molar-refractivity contribution in [1.29, 1.82) is 0 Å². The van der Waals surface area contributed by atoms with Crippen molar-refractivity contribution in [1.82, 2.24) is 10.2 Å². The molecule has 1 aliphatic rings. The quantitative estimate of drug-likeness (QED) is 0.798. The molecule has 1 heterocycles. The first-order valence-electron chi connectivity index (χ1n) is 7.51. The zero-order valence-corrected chi connectivity index (χ0v) is 12.9. The summed E-state index contributed by atoms with van der Waals surface area (Å²) in [4.78, 5) is 14.2. The average molecular weight is 270 g/mol. The molecule has 0 aromatic heterocycles. The van der Waals surface area contributed by atoms with Gasteiger partial charge in [-0.2, -0.15) is 0 Å². The summed E-state index contributed by atoms with van der Waals surface area (Å²) in [5.41, 5.74) is -0.313. The summed E-state index contributed by atoms with van der Waals surface area (Å²) in [5.74, 6) is 0.641. The fourth-order valence-corrected chi connectivity index (χ4v) is 2.41. The normalized spacial score (nSPS) is 23.1. The highest BCUT2D eigenvalue weighted by atomic mass is 16.3. The number of piperidine rings is 1. The molecule has 0 aromatic rings. The van der Waals surface area contributed by atoms with Gasteiger partial charge in [0.2, 0.25) is 5.91 Å². The number of nitrogens with zero attached hydrogens (tertiary/aromatic N) is 1. The van der Waals surface area contributed by atoms with Crippen LogP contribution in [0, 0.1) is 11.3 Å². The maximum Gasteiger partial charge on any atom is 0.225 e. The molecule has 1 fully saturated rings. The van der Waals surface area contributed by atoms with Crippen LogP contribution in [-0.4, -0.2) is 48.2 Å². The zero-order valence-electron chi connectivity index (χ0n) is 12.9. The van der Waals surface area contributed by atoms with E-state index in [2.05, 4.69) is 10.2 Å². The van der Waals surface area contributed by atoms with Crippen LogP contribution in [0.2, 0.25) is 0 Å². The van der Waals surface area contributed by atoms with E-state index in [1.165, 1.54) is 6.42 Å². The van der Waals surface area contributed by atoms with Gasteiger partial charge in [-0.05, 0) is 31.7 Å². The molecular weight excluding hydrogens is 240 g/mol. The first kappa shape index (κ1) is 16.4. The van der Waals surface area contributed by atoms with Gasteiger partial charge in [0.25, 0.3) is 0 Å². The van der Waals surface area contributed by atoms with Crippen molar-refractivity contribution in [2.24, 2.45) is 11.3 Å². The van der Waals surface area contributed by atoms with Gasteiger partial charge in [0.1, 0.15) is 0 Å². The summed E-state index contributed by atoms with van der Waals surface area (Å²) in [7, 11) is 0. The Bertz CT molecular complexity index is 286. The molecular formula is C15H30N2O2. The molecule has 0 aromatic carbocycles. The van der Waals surface area contributed by atoms with Gasteiger partial charge in [-0.3, -0.25) is 4.79 Å². The van der Waals surface area contributed by atoms with Gasteiger partial charge in [0.05, 0.1) is 6.10 Å². The Labute approximate surface area is 117 Å². The Kier molecular flexibility index (Phi) is 6.27. The fourth-order valence-electron chi connectivity index (χ4n) is 2.41. The summed E-state index contributed by atoms with van der Waals surface area (Å²) in [6.07, 6.45) is 2.92. The monoisotopic (exact) mass is 270 g/mol. The number of rotatable bonds is 5. The molecule has 1 rings (SSSR count). The molecule has 0 bridgehead atoms. The molecule has 19 heavy (non-hydrogen) atoms. The third-order valence-corrected chi connectivity index (χ3v) is 3.78. The van der Waals surface area contributed by atoms with Gasteiger partial charge in [-0.25, -0.2) is 0 Å². The number of aliphatic hydroxyl groups excluding tert-OH is 1. The second-order valence-corrected chi connectivity index (χ2v) is 6.79. The largest absolute Gasteiger partial charge is 0.392 e. The van der Waals surface area contributed by atoms with Crippen molar-refractivity contribution in [3.05, 3.63) is 0 Å². The Morgan fingerprint density at radius 3 is 2.74 bits per heavy atom. The van der Waals surface area contributed by atoms with Crippen LogP contribution in [0.25, 0.3) is 0 Å². The number of aliphatic hydroxyl groups is 1. The predicted octanol–water partition coefficient (Wildman–Crippen LogP) is 1.63. The highest BCUT2D eigenvalue weighted by Crippen LogP contribution is 2.18. The molecule has 112 valence electrons. The summed E-state index contributed by atoms with van der Waals surface area (Å²) >= 11 is 0. The van der Waals surface area contributed by atoms with E-state index in [0.717, 1.165) is 39.0 Å². The summed E-state index contributed by atoms with van der Waals surface area (Å²) in [6, 6.07) is 0. The first-order chi connectivity index (χ1) is 8.82. The standard InChI is InChI=1S/C15H30N2O2/c1-5-13(18)11-17-8-6-7-12(10-17)9-16-14(19)15(2,3)4/h12-13,18H,5-11H2,1-4H3,(H,16,19)/t12-,13-/m0/s1. The van der Waals surface area contributed by atoms with Crippen LogP contribution in [0.15, 0.2) is 0 Å².